The highest BCUT2D eigenvalue weighted by Gasteiger charge is 2.13. The fourth-order valence-electron chi connectivity index (χ4n) is 2.61. The predicted octanol–water partition coefficient (Wildman–Crippen LogP) is 3.78. The number of amides is 1. The zero-order valence-electron chi connectivity index (χ0n) is 14.6. The lowest BCUT2D eigenvalue weighted by Crippen LogP contribution is -2.16. The maximum absolute atomic E-state index is 12.3. The maximum Gasteiger partial charge on any atom is 0.234 e. The maximum atomic E-state index is 12.3. The molecule has 0 radical (unpaired) electrons. The van der Waals surface area contributed by atoms with Gasteiger partial charge in [0.15, 0.2) is 5.82 Å². The third-order valence-corrected chi connectivity index (χ3v) is 4.81. The average Bonchev–Trinajstić information content (AvgIpc) is 3.11. The molecule has 0 unspecified atom stereocenters. The molecule has 0 aliphatic heterocycles. The number of rotatable bonds is 6. The van der Waals surface area contributed by atoms with Crippen LogP contribution in [0, 0.1) is 6.92 Å². The van der Waals surface area contributed by atoms with E-state index in [2.05, 4.69) is 27.4 Å². The van der Waals surface area contributed by atoms with Crippen LogP contribution in [-0.4, -0.2) is 31.9 Å². The third-order valence-electron chi connectivity index (χ3n) is 3.96. The van der Waals surface area contributed by atoms with Crippen molar-refractivity contribution >= 4 is 23.4 Å². The SMILES string of the molecule is CCc1cccc(C)c1NC(=O)CSc1n[nH]c(-c2ccccc2O)n1. The number of aryl methyl sites for hydroxylation is 2. The minimum Gasteiger partial charge on any atom is -0.507 e. The summed E-state index contributed by atoms with van der Waals surface area (Å²) in [6, 6.07) is 12.9. The molecule has 0 spiro atoms. The Morgan fingerprint density at radius 1 is 1.23 bits per heavy atom. The second-order valence-electron chi connectivity index (χ2n) is 5.78. The molecule has 1 aromatic heterocycles. The molecule has 26 heavy (non-hydrogen) atoms. The summed E-state index contributed by atoms with van der Waals surface area (Å²) in [6.45, 7) is 4.04. The average molecular weight is 368 g/mol. The van der Waals surface area contributed by atoms with Crippen LogP contribution >= 0.6 is 11.8 Å². The molecule has 0 atom stereocenters. The number of nitrogens with one attached hydrogen (secondary N) is 2. The number of hydrogen-bond acceptors (Lipinski definition) is 5. The molecule has 134 valence electrons. The highest BCUT2D eigenvalue weighted by Crippen LogP contribution is 2.27. The third kappa shape index (κ3) is 4.05. The van der Waals surface area contributed by atoms with E-state index in [0.717, 1.165) is 23.2 Å². The Bertz CT molecular complexity index is 923. The molecule has 0 saturated heterocycles. The molecular formula is C19H20N4O2S. The Labute approximate surface area is 156 Å². The lowest BCUT2D eigenvalue weighted by atomic mass is 10.1. The molecule has 3 aromatic rings. The van der Waals surface area contributed by atoms with Gasteiger partial charge in [-0.05, 0) is 36.6 Å². The van der Waals surface area contributed by atoms with E-state index < -0.39 is 0 Å². The molecule has 0 saturated carbocycles. The summed E-state index contributed by atoms with van der Waals surface area (Å²) in [5.74, 6) is 0.700. The van der Waals surface area contributed by atoms with Crippen molar-refractivity contribution in [3.05, 3.63) is 53.6 Å². The first kappa shape index (κ1) is 18.0. The first-order valence-corrected chi connectivity index (χ1v) is 9.29. The number of aromatic nitrogens is 3. The van der Waals surface area contributed by atoms with Gasteiger partial charge in [0, 0.05) is 5.69 Å². The van der Waals surface area contributed by atoms with E-state index in [4.69, 9.17) is 0 Å². The number of H-pyrrole nitrogens is 1. The van der Waals surface area contributed by atoms with Crippen molar-refractivity contribution in [2.24, 2.45) is 0 Å². The Kier molecular flexibility index (Phi) is 5.58. The molecule has 6 nitrogen and oxygen atoms in total. The van der Waals surface area contributed by atoms with E-state index in [1.807, 2.05) is 31.2 Å². The van der Waals surface area contributed by atoms with Crippen molar-refractivity contribution < 1.29 is 9.90 Å². The molecule has 0 bridgehead atoms. The van der Waals surface area contributed by atoms with Gasteiger partial charge in [-0.1, -0.05) is 49.0 Å². The monoisotopic (exact) mass is 368 g/mol. The van der Waals surface area contributed by atoms with E-state index in [0.29, 0.717) is 16.5 Å². The van der Waals surface area contributed by atoms with Crippen LogP contribution in [0.1, 0.15) is 18.1 Å². The van der Waals surface area contributed by atoms with E-state index >= 15 is 0 Å². The molecule has 2 aromatic carbocycles. The number of para-hydroxylation sites is 2. The predicted molar refractivity (Wildman–Crippen MR) is 103 cm³/mol. The van der Waals surface area contributed by atoms with Crippen molar-refractivity contribution in [2.75, 3.05) is 11.1 Å². The van der Waals surface area contributed by atoms with Gasteiger partial charge in [0.2, 0.25) is 11.1 Å². The Morgan fingerprint density at radius 2 is 2.04 bits per heavy atom. The molecule has 0 aliphatic carbocycles. The van der Waals surface area contributed by atoms with E-state index in [-0.39, 0.29) is 17.4 Å². The first-order chi connectivity index (χ1) is 12.6. The molecule has 0 aliphatic rings. The van der Waals surface area contributed by atoms with Gasteiger partial charge >= 0.3 is 0 Å². The molecule has 3 N–H and O–H groups in total. The van der Waals surface area contributed by atoms with Crippen LogP contribution in [-0.2, 0) is 11.2 Å². The quantitative estimate of drug-likeness (QED) is 0.576. The van der Waals surface area contributed by atoms with Gasteiger partial charge in [-0.2, -0.15) is 0 Å². The standard InChI is InChI=1S/C19H20N4O2S/c1-3-13-8-6-7-12(2)17(13)20-16(25)11-26-19-21-18(22-23-19)14-9-4-5-10-15(14)24/h4-10,24H,3,11H2,1-2H3,(H,20,25)(H,21,22,23). The number of phenols is 1. The van der Waals surface area contributed by atoms with Gasteiger partial charge in [0.25, 0.3) is 0 Å². The van der Waals surface area contributed by atoms with Crippen LogP contribution in [0.15, 0.2) is 47.6 Å². The number of thioether (sulfide) groups is 1. The smallest absolute Gasteiger partial charge is 0.234 e. The van der Waals surface area contributed by atoms with Crippen molar-refractivity contribution in [3.8, 4) is 17.1 Å². The summed E-state index contributed by atoms with van der Waals surface area (Å²) in [6.07, 6.45) is 0.856. The van der Waals surface area contributed by atoms with Gasteiger partial charge in [-0.3, -0.25) is 9.89 Å². The number of carbonyl (C=O) groups is 1. The normalized spacial score (nSPS) is 10.7. The number of anilines is 1. The Hall–Kier alpha value is -2.80. The fourth-order valence-corrected chi connectivity index (χ4v) is 3.21. The number of carbonyl (C=O) groups excluding carboxylic acids is 1. The number of nitrogens with zero attached hydrogens (tertiary/aromatic N) is 2. The lowest BCUT2D eigenvalue weighted by molar-refractivity contribution is -0.113. The summed E-state index contributed by atoms with van der Waals surface area (Å²) >= 11 is 1.24. The van der Waals surface area contributed by atoms with E-state index in [9.17, 15) is 9.90 Å². The zero-order chi connectivity index (χ0) is 18.5. The highest BCUT2D eigenvalue weighted by molar-refractivity contribution is 7.99. The van der Waals surface area contributed by atoms with Gasteiger partial charge in [0.05, 0.1) is 11.3 Å². The van der Waals surface area contributed by atoms with Crippen molar-refractivity contribution in [3.63, 3.8) is 0 Å². The number of aromatic amines is 1. The lowest BCUT2D eigenvalue weighted by Gasteiger charge is -2.12. The van der Waals surface area contributed by atoms with Gasteiger partial charge in [-0.15, -0.1) is 5.10 Å². The molecule has 0 fully saturated rings. The first-order valence-electron chi connectivity index (χ1n) is 8.30. The summed E-state index contributed by atoms with van der Waals surface area (Å²) in [4.78, 5) is 16.6. The number of hydrogen-bond donors (Lipinski definition) is 3. The molecule has 1 heterocycles. The van der Waals surface area contributed by atoms with Gasteiger partial charge in [0.1, 0.15) is 5.75 Å². The Balaban J connectivity index is 1.63. The second-order valence-corrected chi connectivity index (χ2v) is 6.73. The van der Waals surface area contributed by atoms with Crippen molar-refractivity contribution in [2.45, 2.75) is 25.4 Å². The van der Waals surface area contributed by atoms with Gasteiger partial charge < -0.3 is 10.4 Å². The van der Waals surface area contributed by atoms with Gasteiger partial charge in [-0.25, -0.2) is 4.98 Å². The van der Waals surface area contributed by atoms with E-state index in [1.165, 1.54) is 11.8 Å². The van der Waals surface area contributed by atoms with Crippen LogP contribution in [0.2, 0.25) is 0 Å². The van der Waals surface area contributed by atoms with Crippen LogP contribution < -0.4 is 5.32 Å². The fraction of sp³-hybridized carbons (Fsp3) is 0.211. The Morgan fingerprint density at radius 3 is 2.81 bits per heavy atom. The number of aromatic hydroxyl groups is 1. The second kappa shape index (κ2) is 8.05. The molecule has 1 amide bonds. The van der Waals surface area contributed by atoms with E-state index in [1.54, 1.807) is 18.2 Å². The molecule has 3 rings (SSSR count). The molecular weight excluding hydrogens is 348 g/mol. The highest BCUT2D eigenvalue weighted by atomic mass is 32.2. The summed E-state index contributed by atoms with van der Waals surface area (Å²) < 4.78 is 0. The molecule has 7 heteroatoms. The van der Waals surface area contributed by atoms with Crippen molar-refractivity contribution in [1.82, 2.24) is 15.2 Å². The van der Waals surface area contributed by atoms with Crippen LogP contribution in [0.5, 0.6) is 5.75 Å². The van der Waals surface area contributed by atoms with Crippen LogP contribution in [0.25, 0.3) is 11.4 Å². The van der Waals surface area contributed by atoms with Crippen molar-refractivity contribution in [1.29, 1.82) is 0 Å². The number of phenolic OH excluding ortho intramolecular Hbond substituents is 1. The largest absolute Gasteiger partial charge is 0.507 e. The zero-order valence-corrected chi connectivity index (χ0v) is 15.4. The summed E-state index contributed by atoms with van der Waals surface area (Å²) in [5, 5.41) is 20.2. The summed E-state index contributed by atoms with van der Waals surface area (Å²) in [5.41, 5.74) is 3.61. The number of benzene rings is 2. The topological polar surface area (TPSA) is 90.9 Å². The van der Waals surface area contributed by atoms with Crippen LogP contribution in [0.4, 0.5) is 5.69 Å². The minimum atomic E-state index is -0.104. The van der Waals surface area contributed by atoms with Crippen LogP contribution in [0.3, 0.4) is 0 Å². The summed E-state index contributed by atoms with van der Waals surface area (Å²) in [7, 11) is 0. The minimum absolute atomic E-state index is 0.104.